The molecule has 0 aromatic heterocycles. The quantitative estimate of drug-likeness (QED) is 0.562. The molecule has 2 amide bonds. The molecule has 1 aliphatic heterocycles. The first-order valence-electron chi connectivity index (χ1n) is 10.8. The normalized spacial score (nSPS) is 29.0. The van der Waals surface area contributed by atoms with Crippen LogP contribution in [0.1, 0.15) is 46.5 Å². The minimum atomic E-state index is -1.21. The van der Waals surface area contributed by atoms with Crippen molar-refractivity contribution in [2.24, 2.45) is 11.8 Å². The van der Waals surface area contributed by atoms with E-state index in [0.29, 0.717) is 0 Å². The lowest BCUT2D eigenvalue weighted by Crippen LogP contribution is -2.59. The standard InChI is InChI=1S/C27H20ClNO4/c1-26-16-7-3-5-9-18(16)27(2,19-10-6-4-8-17(19)26)22-21(26)23(30)29(24(22)31)14-11-12-20(28)15(13-14)25(32)33/h3-13,21-22H,1-2H3,(H,32,33)/t21-,22+,26?,27?. The van der Waals surface area contributed by atoms with Gasteiger partial charge in [-0.15, -0.1) is 0 Å². The summed E-state index contributed by atoms with van der Waals surface area (Å²) in [5.74, 6) is -3.01. The largest absolute Gasteiger partial charge is 0.478 e. The third-order valence-electron chi connectivity index (χ3n) is 8.08. The van der Waals surface area contributed by atoms with Crippen LogP contribution in [0.2, 0.25) is 5.02 Å². The van der Waals surface area contributed by atoms with E-state index in [1.54, 1.807) is 0 Å². The minimum absolute atomic E-state index is 0.0570. The number of hydrogen-bond acceptors (Lipinski definition) is 3. The molecule has 0 radical (unpaired) electrons. The molecule has 0 spiro atoms. The Morgan fingerprint density at radius 1 is 0.818 bits per heavy atom. The zero-order valence-electron chi connectivity index (χ0n) is 18.0. The second-order valence-electron chi connectivity index (χ2n) is 9.43. The van der Waals surface area contributed by atoms with Crippen molar-refractivity contribution in [3.8, 4) is 0 Å². The lowest BCUT2D eigenvalue weighted by molar-refractivity contribution is -0.124. The topological polar surface area (TPSA) is 74.7 Å². The third-order valence-corrected chi connectivity index (χ3v) is 8.41. The van der Waals surface area contributed by atoms with Crippen molar-refractivity contribution in [1.82, 2.24) is 0 Å². The molecule has 2 bridgehead atoms. The molecule has 33 heavy (non-hydrogen) atoms. The molecule has 3 aromatic rings. The first kappa shape index (κ1) is 20.2. The van der Waals surface area contributed by atoms with Gasteiger partial charge in [0.05, 0.1) is 28.1 Å². The van der Waals surface area contributed by atoms with E-state index in [0.717, 1.165) is 22.3 Å². The maximum Gasteiger partial charge on any atom is 0.337 e. The Morgan fingerprint density at radius 2 is 1.24 bits per heavy atom. The van der Waals surface area contributed by atoms with Crippen LogP contribution in [-0.2, 0) is 20.4 Å². The molecule has 0 saturated carbocycles. The van der Waals surface area contributed by atoms with Crippen LogP contribution in [0.15, 0.2) is 66.7 Å². The van der Waals surface area contributed by atoms with Gasteiger partial charge >= 0.3 is 5.97 Å². The summed E-state index contributed by atoms with van der Waals surface area (Å²) >= 11 is 6.05. The lowest BCUT2D eigenvalue weighted by Gasteiger charge is -2.57. The molecule has 3 aromatic carbocycles. The second-order valence-corrected chi connectivity index (χ2v) is 9.84. The highest BCUT2D eigenvalue weighted by Crippen LogP contribution is 2.66. The van der Waals surface area contributed by atoms with Gasteiger partial charge in [0, 0.05) is 10.8 Å². The molecule has 164 valence electrons. The minimum Gasteiger partial charge on any atom is -0.478 e. The van der Waals surface area contributed by atoms with Gasteiger partial charge in [-0.2, -0.15) is 0 Å². The fraction of sp³-hybridized carbons (Fsp3) is 0.222. The zero-order chi connectivity index (χ0) is 23.3. The van der Waals surface area contributed by atoms with E-state index in [2.05, 4.69) is 38.1 Å². The lowest BCUT2D eigenvalue weighted by atomic mass is 9.42. The fourth-order valence-corrected chi connectivity index (χ4v) is 6.84. The smallest absolute Gasteiger partial charge is 0.337 e. The monoisotopic (exact) mass is 457 g/mol. The number of imide groups is 1. The van der Waals surface area contributed by atoms with Crippen LogP contribution in [0.5, 0.6) is 0 Å². The molecule has 1 heterocycles. The maximum absolute atomic E-state index is 14.0. The number of hydrogen-bond donors (Lipinski definition) is 1. The van der Waals surface area contributed by atoms with Crippen LogP contribution >= 0.6 is 11.6 Å². The number of amides is 2. The Balaban J connectivity index is 1.62. The molecular weight excluding hydrogens is 438 g/mol. The van der Waals surface area contributed by atoms with Crippen LogP contribution < -0.4 is 4.90 Å². The summed E-state index contributed by atoms with van der Waals surface area (Å²) in [6, 6.07) is 20.4. The fourth-order valence-electron chi connectivity index (χ4n) is 6.64. The summed E-state index contributed by atoms with van der Waals surface area (Å²) in [5, 5.41) is 9.57. The SMILES string of the molecule is CC12c3ccccc3C(C)(c3ccccc31)[C@H]1C(=O)N(c3ccc(Cl)c(C(=O)O)c3)C(=O)[C@H]12. The molecule has 1 fully saturated rings. The van der Waals surface area contributed by atoms with Gasteiger partial charge in [0.15, 0.2) is 0 Å². The summed E-state index contributed by atoms with van der Waals surface area (Å²) in [7, 11) is 0. The highest BCUT2D eigenvalue weighted by Gasteiger charge is 2.70. The van der Waals surface area contributed by atoms with Crippen LogP contribution in [0.3, 0.4) is 0 Å². The van der Waals surface area contributed by atoms with E-state index in [1.165, 1.54) is 23.1 Å². The summed E-state index contributed by atoms with van der Waals surface area (Å²) in [4.78, 5) is 40.8. The second kappa shape index (κ2) is 6.33. The predicted octanol–water partition coefficient (Wildman–Crippen LogP) is 4.78. The molecular formula is C27H20ClNO4. The van der Waals surface area contributed by atoms with Crippen molar-refractivity contribution in [3.63, 3.8) is 0 Å². The number of anilines is 1. The van der Waals surface area contributed by atoms with Crippen molar-refractivity contribution in [2.75, 3.05) is 4.90 Å². The zero-order valence-corrected chi connectivity index (χ0v) is 18.8. The number of rotatable bonds is 2. The summed E-state index contributed by atoms with van der Waals surface area (Å²) in [5.41, 5.74) is 3.00. The average Bonchev–Trinajstić information content (AvgIpc) is 3.09. The summed E-state index contributed by atoms with van der Waals surface area (Å²) in [6.45, 7) is 4.11. The molecule has 2 atom stereocenters. The third kappa shape index (κ3) is 2.21. The molecule has 1 saturated heterocycles. The Morgan fingerprint density at radius 3 is 1.64 bits per heavy atom. The molecule has 7 rings (SSSR count). The number of nitrogens with zero attached hydrogens (tertiary/aromatic N) is 1. The first-order chi connectivity index (χ1) is 15.7. The first-order valence-corrected chi connectivity index (χ1v) is 11.2. The predicted molar refractivity (Wildman–Crippen MR) is 124 cm³/mol. The van der Waals surface area contributed by atoms with Crippen molar-refractivity contribution in [3.05, 3.63) is 99.6 Å². The summed E-state index contributed by atoms with van der Waals surface area (Å²) < 4.78 is 0. The Hall–Kier alpha value is -3.44. The van der Waals surface area contributed by atoms with Crippen LogP contribution in [-0.4, -0.2) is 22.9 Å². The highest BCUT2D eigenvalue weighted by atomic mass is 35.5. The maximum atomic E-state index is 14.0. The van der Waals surface area contributed by atoms with Gasteiger partial charge in [0.1, 0.15) is 0 Å². The van der Waals surface area contributed by atoms with Gasteiger partial charge in [0.25, 0.3) is 0 Å². The van der Waals surface area contributed by atoms with E-state index in [4.69, 9.17) is 11.6 Å². The Bertz CT molecular complexity index is 1290. The number of carboxylic acids is 1. The molecule has 6 heteroatoms. The van der Waals surface area contributed by atoms with Crippen molar-refractivity contribution >= 4 is 35.1 Å². The van der Waals surface area contributed by atoms with Gasteiger partial charge in [-0.1, -0.05) is 74.0 Å². The van der Waals surface area contributed by atoms with E-state index >= 15 is 0 Å². The van der Waals surface area contributed by atoms with Crippen molar-refractivity contribution < 1.29 is 19.5 Å². The molecule has 3 aliphatic carbocycles. The van der Waals surface area contributed by atoms with Gasteiger partial charge in [-0.25, -0.2) is 9.69 Å². The number of carbonyl (C=O) groups excluding carboxylic acids is 2. The molecule has 1 N–H and O–H groups in total. The van der Waals surface area contributed by atoms with E-state index in [1.807, 2.05) is 24.3 Å². The number of benzene rings is 3. The van der Waals surface area contributed by atoms with Crippen molar-refractivity contribution in [2.45, 2.75) is 24.7 Å². The van der Waals surface area contributed by atoms with E-state index < -0.39 is 28.6 Å². The van der Waals surface area contributed by atoms with Crippen LogP contribution in [0.4, 0.5) is 5.69 Å². The van der Waals surface area contributed by atoms with Crippen LogP contribution in [0.25, 0.3) is 0 Å². The van der Waals surface area contributed by atoms with Crippen molar-refractivity contribution in [1.29, 1.82) is 0 Å². The Kier molecular flexibility index (Phi) is 3.87. The van der Waals surface area contributed by atoms with Gasteiger partial charge in [0.2, 0.25) is 11.8 Å². The van der Waals surface area contributed by atoms with E-state index in [9.17, 15) is 19.5 Å². The number of halogens is 1. The number of carboxylic acid groups (broad SMARTS) is 1. The van der Waals surface area contributed by atoms with Gasteiger partial charge < -0.3 is 5.11 Å². The number of aromatic carboxylic acids is 1. The van der Waals surface area contributed by atoms with Gasteiger partial charge in [-0.3, -0.25) is 9.59 Å². The van der Waals surface area contributed by atoms with Gasteiger partial charge in [-0.05, 0) is 40.5 Å². The molecule has 4 aliphatic rings. The average molecular weight is 458 g/mol. The molecule has 5 nitrogen and oxygen atoms in total. The molecule has 0 unspecified atom stereocenters. The number of carbonyl (C=O) groups is 3. The van der Waals surface area contributed by atoms with E-state index in [-0.39, 0.29) is 28.1 Å². The Labute approximate surface area is 195 Å². The highest BCUT2D eigenvalue weighted by molar-refractivity contribution is 6.34. The summed E-state index contributed by atoms with van der Waals surface area (Å²) in [6.07, 6.45) is 0. The van der Waals surface area contributed by atoms with Crippen LogP contribution in [0, 0.1) is 11.8 Å².